The molecule has 0 saturated heterocycles. The molecule has 0 radical (unpaired) electrons. The van der Waals surface area contributed by atoms with Gasteiger partial charge in [0.2, 0.25) is 0 Å². The molecule has 0 bridgehead atoms. The van der Waals surface area contributed by atoms with Crippen LogP contribution in [-0.4, -0.2) is 35.6 Å². The molecule has 0 aliphatic carbocycles. The summed E-state index contributed by atoms with van der Waals surface area (Å²) in [5.41, 5.74) is 2.98. The maximum atomic E-state index is 11.0. The first-order valence-corrected chi connectivity index (χ1v) is 9.09. The van der Waals surface area contributed by atoms with Gasteiger partial charge in [0.25, 0.3) is 0 Å². The predicted molar refractivity (Wildman–Crippen MR) is 105 cm³/mol. The molecule has 1 aliphatic rings. The van der Waals surface area contributed by atoms with Crippen LogP contribution in [0.15, 0.2) is 42.0 Å². The molecule has 150 valence electrons. The summed E-state index contributed by atoms with van der Waals surface area (Å²) in [6.07, 6.45) is 0.0263. The Bertz CT molecular complexity index is 868. The Morgan fingerprint density at radius 3 is 2.39 bits per heavy atom. The average molecular weight is 386 g/mol. The van der Waals surface area contributed by atoms with Gasteiger partial charge in [-0.1, -0.05) is 23.8 Å². The summed E-state index contributed by atoms with van der Waals surface area (Å²) in [6, 6.07) is 7.98. The fraction of sp³-hybridized carbons (Fsp3) is 0.364. The third-order valence-electron chi connectivity index (χ3n) is 4.92. The second kappa shape index (κ2) is 8.12. The number of aromatic hydroxyl groups is 2. The van der Waals surface area contributed by atoms with Crippen LogP contribution in [0.3, 0.4) is 0 Å². The lowest BCUT2D eigenvalue weighted by Crippen LogP contribution is -2.36. The van der Waals surface area contributed by atoms with E-state index in [1.807, 2.05) is 19.9 Å². The fourth-order valence-corrected chi connectivity index (χ4v) is 3.47. The molecule has 0 fully saturated rings. The van der Waals surface area contributed by atoms with Gasteiger partial charge < -0.3 is 29.5 Å². The molecule has 2 aromatic carbocycles. The van der Waals surface area contributed by atoms with Crippen molar-refractivity contribution in [1.82, 2.24) is 0 Å². The number of ether oxygens (including phenoxy) is 3. The summed E-state index contributed by atoms with van der Waals surface area (Å²) in [5.74, 6) is 1.03. The molecule has 0 saturated carbocycles. The van der Waals surface area contributed by atoms with E-state index in [9.17, 15) is 15.3 Å². The number of fused-ring (bicyclic) bond motifs is 1. The zero-order valence-corrected chi connectivity index (χ0v) is 16.5. The van der Waals surface area contributed by atoms with Crippen molar-refractivity contribution in [2.24, 2.45) is 0 Å². The molecule has 0 amide bonds. The second-order valence-corrected chi connectivity index (χ2v) is 7.08. The highest BCUT2D eigenvalue weighted by molar-refractivity contribution is 5.60. The van der Waals surface area contributed by atoms with E-state index in [1.54, 1.807) is 12.1 Å². The molecule has 2 aromatic rings. The number of rotatable bonds is 5. The molecule has 1 aliphatic heterocycles. The van der Waals surface area contributed by atoms with Gasteiger partial charge in [0.15, 0.2) is 6.10 Å². The number of hydrogen-bond acceptors (Lipinski definition) is 6. The summed E-state index contributed by atoms with van der Waals surface area (Å²) in [5, 5.41) is 31.1. The lowest BCUT2D eigenvalue weighted by molar-refractivity contribution is -0.0882. The topological polar surface area (TPSA) is 88.4 Å². The first-order valence-electron chi connectivity index (χ1n) is 9.09. The van der Waals surface area contributed by atoms with Crippen LogP contribution in [0.4, 0.5) is 0 Å². The van der Waals surface area contributed by atoms with Crippen molar-refractivity contribution in [2.75, 3.05) is 14.2 Å². The summed E-state index contributed by atoms with van der Waals surface area (Å²) in [7, 11) is 3.01. The lowest BCUT2D eigenvalue weighted by Gasteiger charge is -2.38. The molecule has 3 rings (SSSR count). The van der Waals surface area contributed by atoms with E-state index in [2.05, 4.69) is 0 Å². The minimum atomic E-state index is -1.00. The zero-order valence-electron chi connectivity index (χ0n) is 16.5. The van der Waals surface area contributed by atoms with E-state index in [4.69, 9.17) is 14.2 Å². The fourth-order valence-electron chi connectivity index (χ4n) is 3.47. The van der Waals surface area contributed by atoms with Crippen molar-refractivity contribution in [3.8, 4) is 23.0 Å². The highest BCUT2D eigenvalue weighted by Crippen LogP contribution is 2.51. The molecule has 3 atom stereocenters. The van der Waals surface area contributed by atoms with E-state index in [-0.39, 0.29) is 11.5 Å². The Balaban J connectivity index is 2.17. The number of aliphatic hydroxyl groups excluding tert-OH is 1. The summed E-state index contributed by atoms with van der Waals surface area (Å²) in [6.45, 7) is 3.96. The van der Waals surface area contributed by atoms with Crippen LogP contribution in [0.5, 0.6) is 23.0 Å². The van der Waals surface area contributed by atoms with E-state index in [0.29, 0.717) is 34.6 Å². The standard InChI is InChI=1S/C22H26O6/c1-12(2)5-10-15-16(24)11-17(26-3)18-21(15)28-20(19(25)22(18)27-4)13-6-8-14(23)9-7-13/h5-9,11,19-20,22-25H,10H2,1-4H3. The molecule has 6 heteroatoms. The van der Waals surface area contributed by atoms with Gasteiger partial charge in [0.1, 0.15) is 35.2 Å². The number of phenolic OH excluding ortho intramolecular Hbond substituents is 2. The normalized spacial score (nSPS) is 20.8. The molecular formula is C22H26O6. The SMILES string of the molecule is COc1cc(O)c(CC=C(C)C)c2c1C(OC)C(O)C(c1ccc(O)cc1)O2. The average Bonchev–Trinajstić information content (AvgIpc) is 2.67. The minimum Gasteiger partial charge on any atom is -0.508 e. The molecule has 3 unspecified atom stereocenters. The number of aliphatic hydroxyl groups is 1. The molecule has 28 heavy (non-hydrogen) atoms. The Kier molecular flexibility index (Phi) is 5.82. The number of benzene rings is 2. The van der Waals surface area contributed by atoms with Crippen molar-refractivity contribution in [2.45, 2.75) is 38.6 Å². The predicted octanol–water partition coefficient (Wildman–Crippen LogP) is 3.80. The molecule has 1 heterocycles. The van der Waals surface area contributed by atoms with Gasteiger partial charge in [-0.05, 0) is 38.0 Å². The Labute approximate surface area is 164 Å². The number of allylic oxidation sites excluding steroid dienone is 2. The molecule has 0 aromatic heterocycles. The Morgan fingerprint density at radius 1 is 1.14 bits per heavy atom. The van der Waals surface area contributed by atoms with E-state index < -0.39 is 18.3 Å². The number of hydrogen-bond donors (Lipinski definition) is 3. The van der Waals surface area contributed by atoms with Crippen LogP contribution in [0.2, 0.25) is 0 Å². The number of methoxy groups -OCH3 is 2. The van der Waals surface area contributed by atoms with Crippen LogP contribution in [0, 0.1) is 0 Å². The van der Waals surface area contributed by atoms with Crippen molar-refractivity contribution in [1.29, 1.82) is 0 Å². The Morgan fingerprint density at radius 2 is 1.82 bits per heavy atom. The quantitative estimate of drug-likeness (QED) is 0.678. The first-order chi connectivity index (χ1) is 13.4. The van der Waals surface area contributed by atoms with Gasteiger partial charge in [0, 0.05) is 18.7 Å². The third-order valence-corrected chi connectivity index (χ3v) is 4.92. The lowest BCUT2D eigenvalue weighted by atomic mass is 9.89. The summed E-state index contributed by atoms with van der Waals surface area (Å²) in [4.78, 5) is 0. The van der Waals surface area contributed by atoms with Gasteiger partial charge in [0.05, 0.1) is 12.7 Å². The van der Waals surface area contributed by atoms with Crippen LogP contribution in [0.25, 0.3) is 0 Å². The van der Waals surface area contributed by atoms with Crippen molar-refractivity contribution < 1.29 is 29.5 Å². The zero-order chi connectivity index (χ0) is 20.4. The Hall–Kier alpha value is -2.70. The van der Waals surface area contributed by atoms with Crippen LogP contribution in [-0.2, 0) is 11.2 Å². The maximum absolute atomic E-state index is 11.0. The highest BCUT2D eigenvalue weighted by Gasteiger charge is 2.42. The van der Waals surface area contributed by atoms with Crippen LogP contribution < -0.4 is 9.47 Å². The first kappa shape index (κ1) is 20.0. The molecular weight excluding hydrogens is 360 g/mol. The minimum absolute atomic E-state index is 0.0591. The molecule has 6 nitrogen and oxygen atoms in total. The van der Waals surface area contributed by atoms with Gasteiger partial charge in [-0.2, -0.15) is 0 Å². The van der Waals surface area contributed by atoms with Crippen LogP contribution >= 0.6 is 0 Å². The highest BCUT2D eigenvalue weighted by atomic mass is 16.5. The summed E-state index contributed by atoms with van der Waals surface area (Å²) >= 11 is 0. The maximum Gasteiger partial charge on any atom is 0.152 e. The molecule has 3 N–H and O–H groups in total. The van der Waals surface area contributed by atoms with Gasteiger partial charge >= 0.3 is 0 Å². The second-order valence-electron chi connectivity index (χ2n) is 7.08. The van der Waals surface area contributed by atoms with E-state index in [1.165, 1.54) is 32.4 Å². The van der Waals surface area contributed by atoms with Crippen molar-refractivity contribution >= 4 is 0 Å². The summed E-state index contributed by atoms with van der Waals surface area (Å²) < 4.78 is 17.3. The van der Waals surface area contributed by atoms with E-state index >= 15 is 0 Å². The van der Waals surface area contributed by atoms with Gasteiger partial charge in [-0.25, -0.2) is 0 Å². The van der Waals surface area contributed by atoms with E-state index in [0.717, 1.165) is 5.57 Å². The number of phenols is 2. The smallest absolute Gasteiger partial charge is 0.152 e. The van der Waals surface area contributed by atoms with Crippen molar-refractivity contribution in [3.63, 3.8) is 0 Å². The van der Waals surface area contributed by atoms with Gasteiger partial charge in [-0.3, -0.25) is 0 Å². The van der Waals surface area contributed by atoms with Crippen molar-refractivity contribution in [3.05, 3.63) is 58.7 Å². The van der Waals surface area contributed by atoms with Gasteiger partial charge in [-0.15, -0.1) is 0 Å². The monoisotopic (exact) mass is 386 g/mol. The van der Waals surface area contributed by atoms with Crippen LogP contribution in [0.1, 0.15) is 42.7 Å². The largest absolute Gasteiger partial charge is 0.508 e. The molecule has 0 spiro atoms. The third kappa shape index (κ3) is 3.66.